The third kappa shape index (κ3) is 2.05. The van der Waals surface area contributed by atoms with Gasteiger partial charge < -0.3 is 10.6 Å². The molecule has 2 N–H and O–H groups in total. The Bertz CT molecular complexity index is 187. The molecule has 0 aromatic carbocycles. The van der Waals surface area contributed by atoms with Crippen molar-refractivity contribution in [3.63, 3.8) is 0 Å². The Kier molecular flexibility index (Phi) is 2.65. The van der Waals surface area contributed by atoms with Gasteiger partial charge in [0.05, 0.1) is 6.54 Å². The lowest BCUT2D eigenvalue weighted by Crippen LogP contribution is -2.39. The van der Waals surface area contributed by atoms with E-state index in [1.54, 1.807) is 4.90 Å². The molecular weight excluding hydrogens is 140 g/mol. The molecule has 0 aromatic rings. The summed E-state index contributed by atoms with van der Waals surface area (Å²) < 4.78 is 0. The van der Waals surface area contributed by atoms with Crippen LogP contribution in [0.3, 0.4) is 0 Å². The van der Waals surface area contributed by atoms with Crippen molar-refractivity contribution in [2.45, 2.75) is 13.3 Å². The number of hydrogen-bond donors (Lipinski definition) is 1. The number of hydrogen-bond acceptors (Lipinski definition) is 2. The maximum absolute atomic E-state index is 11.1. The summed E-state index contributed by atoms with van der Waals surface area (Å²) in [5, 5.41) is 0. The molecule has 0 saturated carbocycles. The van der Waals surface area contributed by atoms with Crippen molar-refractivity contribution in [3.05, 3.63) is 11.6 Å². The minimum atomic E-state index is 0.0532. The van der Waals surface area contributed by atoms with Gasteiger partial charge in [-0.25, -0.2) is 0 Å². The van der Waals surface area contributed by atoms with Crippen LogP contribution < -0.4 is 5.73 Å². The maximum Gasteiger partial charge on any atom is 0.236 e. The lowest BCUT2D eigenvalue weighted by atomic mass is 10.1. The Labute approximate surface area is 66.9 Å². The molecule has 0 spiro atoms. The second-order valence-electron chi connectivity index (χ2n) is 2.86. The van der Waals surface area contributed by atoms with Crippen LogP contribution in [0, 0.1) is 0 Å². The van der Waals surface area contributed by atoms with Crippen molar-refractivity contribution >= 4 is 5.91 Å². The zero-order chi connectivity index (χ0) is 8.27. The van der Waals surface area contributed by atoms with Crippen LogP contribution in [0.15, 0.2) is 11.6 Å². The van der Waals surface area contributed by atoms with Gasteiger partial charge in [-0.05, 0) is 13.3 Å². The first-order valence-electron chi connectivity index (χ1n) is 3.87. The first-order chi connectivity index (χ1) is 5.24. The van der Waals surface area contributed by atoms with Crippen molar-refractivity contribution in [1.82, 2.24) is 4.90 Å². The predicted octanol–water partition coefficient (Wildman–Crippen LogP) is 0.124. The first kappa shape index (κ1) is 8.27. The number of nitrogens with zero attached hydrogens (tertiary/aromatic N) is 1. The minimum Gasteiger partial charge on any atom is -0.337 e. The van der Waals surface area contributed by atoms with E-state index in [0.29, 0.717) is 0 Å². The Morgan fingerprint density at radius 1 is 1.82 bits per heavy atom. The summed E-state index contributed by atoms with van der Waals surface area (Å²) in [5.74, 6) is 0.0532. The first-order valence-corrected chi connectivity index (χ1v) is 3.87. The van der Waals surface area contributed by atoms with Gasteiger partial charge in [-0.1, -0.05) is 11.6 Å². The van der Waals surface area contributed by atoms with E-state index < -0.39 is 0 Å². The van der Waals surface area contributed by atoms with E-state index in [9.17, 15) is 4.79 Å². The topological polar surface area (TPSA) is 46.3 Å². The molecule has 0 unspecified atom stereocenters. The summed E-state index contributed by atoms with van der Waals surface area (Å²) >= 11 is 0. The van der Waals surface area contributed by atoms with Crippen LogP contribution in [0.25, 0.3) is 0 Å². The van der Waals surface area contributed by atoms with E-state index in [4.69, 9.17) is 5.73 Å². The van der Waals surface area contributed by atoms with Crippen LogP contribution in [0.5, 0.6) is 0 Å². The number of amides is 1. The Morgan fingerprint density at radius 3 is 3.09 bits per heavy atom. The molecule has 0 saturated heterocycles. The van der Waals surface area contributed by atoms with Crippen molar-refractivity contribution in [1.29, 1.82) is 0 Å². The van der Waals surface area contributed by atoms with Gasteiger partial charge in [0, 0.05) is 13.1 Å². The van der Waals surface area contributed by atoms with E-state index >= 15 is 0 Å². The van der Waals surface area contributed by atoms with E-state index in [-0.39, 0.29) is 12.5 Å². The van der Waals surface area contributed by atoms with Crippen molar-refractivity contribution in [3.8, 4) is 0 Å². The van der Waals surface area contributed by atoms with Crippen LogP contribution >= 0.6 is 0 Å². The fourth-order valence-electron chi connectivity index (χ4n) is 1.25. The third-order valence-corrected chi connectivity index (χ3v) is 1.86. The Hall–Kier alpha value is -0.830. The van der Waals surface area contributed by atoms with Gasteiger partial charge in [0.25, 0.3) is 0 Å². The second kappa shape index (κ2) is 3.53. The van der Waals surface area contributed by atoms with E-state index in [0.717, 1.165) is 19.5 Å². The van der Waals surface area contributed by atoms with E-state index in [1.807, 2.05) is 6.92 Å². The molecule has 1 amide bonds. The molecule has 0 aliphatic carbocycles. The van der Waals surface area contributed by atoms with Gasteiger partial charge in [-0.15, -0.1) is 0 Å². The zero-order valence-corrected chi connectivity index (χ0v) is 6.84. The van der Waals surface area contributed by atoms with Gasteiger partial charge in [0.15, 0.2) is 0 Å². The van der Waals surface area contributed by atoms with Gasteiger partial charge in [0.2, 0.25) is 5.91 Å². The van der Waals surface area contributed by atoms with Crippen molar-refractivity contribution in [2.24, 2.45) is 5.73 Å². The summed E-state index contributed by atoms with van der Waals surface area (Å²) in [5.41, 5.74) is 6.50. The number of carbonyl (C=O) groups is 1. The van der Waals surface area contributed by atoms with Gasteiger partial charge in [0.1, 0.15) is 0 Å². The molecule has 0 atom stereocenters. The summed E-state index contributed by atoms with van der Waals surface area (Å²) in [6.45, 7) is 3.76. The summed E-state index contributed by atoms with van der Waals surface area (Å²) in [7, 11) is 0. The quantitative estimate of drug-likeness (QED) is 0.545. The summed E-state index contributed by atoms with van der Waals surface area (Å²) in [4.78, 5) is 12.9. The normalized spacial score (nSPS) is 18.0. The predicted molar refractivity (Wildman–Crippen MR) is 44.0 cm³/mol. The van der Waals surface area contributed by atoms with Crippen molar-refractivity contribution < 1.29 is 4.79 Å². The standard InChI is InChI=1S/C8H14N2O/c1-7-3-2-4-10(6-7)8(11)5-9/h3H,2,4-6,9H2,1H3. The molecule has 1 aliphatic rings. The lowest BCUT2D eigenvalue weighted by molar-refractivity contribution is -0.129. The summed E-state index contributed by atoms with van der Waals surface area (Å²) in [6.07, 6.45) is 3.14. The Morgan fingerprint density at radius 2 is 2.55 bits per heavy atom. The third-order valence-electron chi connectivity index (χ3n) is 1.86. The number of nitrogens with two attached hydrogens (primary N) is 1. The SMILES string of the molecule is CC1=CCCN(C(=O)CN)C1. The van der Waals surface area contributed by atoms with Crippen LogP contribution in [-0.4, -0.2) is 30.4 Å². The lowest BCUT2D eigenvalue weighted by Gasteiger charge is -2.25. The molecule has 11 heavy (non-hydrogen) atoms. The second-order valence-corrected chi connectivity index (χ2v) is 2.86. The highest BCUT2D eigenvalue weighted by Crippen LogP contribution is 2.07. The molecular formula is C8H14N2O. The van der Waals surface area contributed by atoms with Gasteiger partial charge in [-0.2, -0.15) is 0 Å². The highest BCUT2D eigenvalue weighted by molar-refractivity contribution is 5.78. The van der Waals surface area contributed by atoms with Crippen LogP contribution in [0.1, 0.15) is 13.3 Å². The van der Waals surface area contributed by atoms with Crippen LogP contribution in [0.2, 0.25) is 0 Å². The van der Waals surface area contributed by atoms with Crippen LogP contribution in [-0.2, 0) is 4.79 Å². The Balaban J connectivity index is 2.50. The highest BCUT2D eigenvalue weighted by Gasteiger charge is 2.13. The summed E-state index contributed by atoms with van der Waals surface area (Å²) in [6, 6.07) is 0. The van der Waals surface area contributed by atoms with Crippen molar-refractivity contribution in [2.75, 3.05) is 19.6 Å². The number of carbonyl (C=O) groups excluding carboxylic acids is 1. The molecule has 0 fully saturated rings. The molecule has 0 bridgehead atoms. The van der Waals surface area contributed by atoms with E-state index in [2.05, 4.69) is 6.08 Å². The molecule has 0 aromatic heterocycles. The molecule has 1 heterocycles. The largest absolute Gasteiger partial charge is 0.337 e. The molecule has 1 aliphatic heterocycles. The molecule has 0 radical (unpaired) electrons. The zero-order valence-electron chi connectivity index (χ0n) is 6.84. The fourth-order valence-corrected chi connectivity index (χ4v) is 1.25. The van der Waals surface area contributed by atoms with Crippen LogP contribution in [0.4, 0.5) is 0 Å². The molecule has 3 nitrogen and oxygen atoms in total. The monoisotopic (exact) mass is 154 g/mol. The van der Waals surface area contributed by atoms with Gasteiger partial charge in [-0.3, -0.25) is 4.79 Å². The minimum absolute atomic E-state index is 0.0532. The average molecular weight is 154 g/mol. The molecule has 3 heteroatoms. The van der Waals surface area contributed by atoms with E-state index in [1.165, 1.54) is 5.57 Å². The average Bonchev–Trinajstić information content (AvgIpc) is 2.03. The fraction of sp³-hybridized carbons (Fsp3) is 0.625. The number of rotatable bonds is 1. The van der Waals surface area contributed by atoms with Gasteiger partial charge >= 0.3 is 0 Å². The molecule has 1 rings (SSSR count). The molecule has 62 valence electrons. The highest BCUT2D eigenvalue weighted by atomic mass is 16.2. The smallest absolute Gasteiger partial charge is 0.236 e. The maximum atomic E-state index is 11.1.